The van der Waals surface area contributed by atoms with Crippen LogP contribution in [0.3, 0.4) is 0 Å². The van der Waals surface area contributed by atoms with Gasteiger partial charge in [0, 0.05) is 37.0 Å². The summed E-state index contributed by atoms with van der Waals surface area (Å²) in [5.41, 5.74) is 4.42. The van der Waals surface area contributed by atoms with Crippen molar-refractivity contribution in [1.82, 2.24) is 20.2 Å². The molecule has 0 saturated carbocycles. The van der Waals surface area contributed by atoms with Crippen LogP contribution in [-0.4, -0.2) is 38.8 Å². The van der Waals surface area contributed by atoms with Crippen molar-refractivity contribution >= 4 is 23.6 Å². The van der Waals surface area contributed by atoms with E-state index in [0.717, 1.165) is 16.7 Å². The van der Waals surface area contributed by atoms with Crippen molar-refractivity contribution in [2.24, 2.45) is 0 Å². The van der Waals surface area contributed by atoms with Crippen LogP contribution in [-0.2, 0) is 22.6 Å². The Morgan fingerprint density at radius 2 is 1.67 bits per heavy atom. The summed E-state index contributed by atoms with van der Waals surface area (Å²) in [7, 11) is 0. The summed E-state index contributed by atoms with van der Waals surface area (Å²) < 4.78 is 5.76. The Hall–Kier alpha value is -5.05. The molecule has 39 heavy (non-hydrogen) atoms. The summed E-state index contributed by atoms with van der Waals surface area (Å²) in [6.45, 7) is 2.46. The maximum atomic E-state index is 13.5. The van der Waals surface area contributed by atoms with E-state index in [1.165, 1.54) is 11.1 Å². The van der Waals surface area contributed by atoms with Crippen LogP contribution >= 0.6 is 0 Å². The van der Waals surface area contributed by atoms with Crippen molar-refractivity contribution in [3.8, 4) is 0 Å². The first kappa shape index (κ1) is 25.6. The largest absolute Gasteiger partial charge is 0.438 e. The van der Waals surface area contributed by atoms with Gasteiger partial charge in [0.05, 0.1) is 12.1 Å². The van der Waals surface area contributed by atoms with Gasteiger partial charge in [-0.05, 0) is 53.9 Å². The molecule has 3 heterocycles. The quantitative estimate of drug-likeness (QED) is 0.355. The first-order valence-electron chi connectivity index (χ1n) is 12.5. The Morgan fingerprint density at radius 3 is 2.36 bits per heavy atom. The average Bonchev–Trinajstić information content (AvgIpc) is 3.28. The lowest BCUT2D eigenvalue weighted by Crippen LogP contribution is -2.46. The molecule has 4 aromatic rings. The van der Waals surface area contributed by atoms with Gasteiger partial charge in [0.15, 0.2) is 12.1 Å². The number of carbonyl (C=O) groups excluding carboxylic acids is 3. The molecule has 2 unspecified atom stereocenters. The zero-order valence-corrected chi connectivity index (χ0v) is 21.3. The van der Waals surface area contributed by atoms with E-state index in [4.69, 9.17) is 4.74 Å². The standard InChI is InChI=1S/C30H27N5O4/c1-20-5-2-6-21(15-20)19-35-26(29(37)33-17-22-7-3-13-31-16-22)27(39-30(35)38)23-9-11-25(12-10-23)34-28(36)24-8-4-14-32-18-24/h2-16,18,26-27H,17,19H2,1H3,(H,33,37)(H,34,36). The van der Waals surface area contributed by atoms with Crippen LogP contribution in [0, 0.1) is 6.92 Å². The lowest BCUT2D eigenvalue weighted by molar-refractivity contribution is -0.126. The summed E-state index contributed by atoms with van der Waals surface area (Å²) in [5, 5.41) is 5.75. The third-order valence-corrected chi connectivity index (χ3v) is 6.40. The van der Waals surface area contributed by atoms with Crippen LogP contribution in [0.15, 0.2) is 97.6 Å². The van der Waals surface area contributed by atoms with Crippen LogP contribution in [0.1, 0.15) is 38.7 Å². The highest BCUT2D eigenvalue weighted by Gasteiger charge is 2.46. The second-order valence-electron chi connectivity index (χ2n) is 9.26. The molecule has 1 aliphatic heterocycles. The molecule has 0 radical (unpaired) electrons. The Balaban J connectivity index is 1.37. The number of cyclic esters (lactones) is 1. The first-order chi connectivity index (χ1) is 19.0. The molecule has 9 heteroatoms. The topological polar surface area (TPSA) is 114 Å². The summed E-state index contributed by atoms with van der Waals surface area (Å²) in [4.78, 5) is 48.6. The van der Waals surface area contributed by atoms with Gasteiger partial charge in [-0.1, -0.05) is 48.0 Å². The Labute approximate surface area is 225 Å². The fourth-order valence-corrected chi connectivity index (χ4v) is 4.47. The third-order valence-electron chi connectivity index (χ3n) is 6.40. The van der Waals surface area contributed by atoms with Gasteiger partial charge in [-0.3, -0.25) is 24.5 Å². The molecule has 9 nitrogen and oxygen atoms in total. The highest BCUT2D eigenvalue weighted by atomic mass is 16.6. The van der Waals surface area contributed by atoms with Gasteiger partial charge in [0.2, 0.25) is 5.91 Å². The second kappa shape index (κ2) is 11.6. The molecule has 5 rings (SSSR count). The number of carbonyl (C=O) groups is 3. The zero-order chi connectivity index (χ0) is 27.2. The fourth-order valence-electron chi connectivity index (χ4n) is 4.47. The maximum Gasteiger partial charge on any atom is 0.411 e. The van der Waals surface area contributed by atoms with Crippen molar-refractivity contribution in [3.63, 3.8) is 0 Å². The summed E-state index contributed by atoms with van der Waals surface area (Å²) in [6.07, 6.45) is 5.02. The lowest BCUT2D eigenvalue weighted by Gasteiger charge is -2.24. The minimum absolute atomic E-state index is 0.223. The first-order valence-corrected chi connectivity index (χ1v) is 12.5. The van der Waals surface area contributed by atoms with Crippen molar-refractivity contribution < 1.29 is 19.1 Å². The molecule has 0 aliphatic carbocycles. The number of aryl methyl sites for hydroxylation is 1. The van der Waals surface area contributed by atoms with E-state index < -0.39 is 18.2 Å². The molecule has 2 aromatic heterocycles. The molecule has 2 N–H and O–H groups in total. The number of amides is 3. The number of aromatic nitrogens is 2. The minimum atomic E-state index is -0.898. The normalized spacial score (nSPS) is 16.4. The molecule has 1 saturated heterocycles. The summed E-state index contributed by atoms with van der Waals surface area (Å²) in [5.74, 6) is -0.628. The Morgan fingerprint density at radius 1 is 0.923 bits per heavy atom. The van der Waals surface area contributed by atoms with Crippen LogP contribution < -0.4 is 10.6 Å². The maximum absolute atomic E-state index is 13.5. The van der Waals surface area contributed by atoms with E-state index in [1.54, 1.807) is 61.1 Å². The molecule has 0 bridgehead atoms. The number of ether oxygens (including phenoxy) is 1. The average molecular weight is 522 g/mol. The van der Waals surface area contributed by atoms with Crippen molar-refractivity contribution in [2.75, 3.05) is 5.32 Å². The van der Waals surface area contributed by atoms with Gasteiger partial charge in [0.1, 0.15) is 0 Å². The van der Waals surface area contributed by atoms with E-state index in [9.17, 15) is 14.4 Å². The molecule has 1 aliphatic rings. The van der Waals surface area contributed by atoms with Gasteiger partial charge < -0.3 is 15.4 Å². The number of rotatable bonds is 8. The number of nitrogens with one attached hydrogen (secondary N) is 2. The number of pyridine rings is 2. The summed E-state index contributed by atoms with van der Waals surface area (Å²) >= 11 is 0. The predicted octanol–water partition coefficient (Wildman–Crippen LogP) is 4.42. The number of anilines is 1. The van der Waals surface area contributed by atoms with Gasteiger partial charge in [-0.2, -0.15) is 0 Å². The highest BCUT2D eigenvalue weighted by Crippen LogP contribution is 2.34. The van der Waals surface area contributed by atoms with Crippen LogP contribution in [0.2, 0.25) is 0 Å². The SMILES string of the molecule is Cc1cccc(CN2C(=O)OC(c3ccc(NC(=O)c4cccnc4)cc3)C2C(=O)NCc2cccnc2)c1. The van der Waals surface area contributed by atoms with Crippen LogP contribution in [0.4, 0.5) is 10.5 Å². The highest BCUT2D eigenvalue weighted by molar-refractivity contribution is 6.04. The van der Waals surface area contributed by atoms with Crippen LogP contribution in [0.5, 0.6) is 0 Å². The van der Waals surface area contributed by atoms with Crippen molar-refractivity contribution in [3.05, 3.63) is 125 Å². The van der Waals surface area contributed by atoms with Gasteiger partial charge in [-0.15, -0.1) is 0 Å². The fraction of sp³-hybridized carbons (Fsp3) is 0.167. The molecule has 1 fully saturated rings. The van der Waals surface area contributed by atoms with Gasteiger partial charge in [0.25, 0.3) is 5.91 Å². The molecule has 3 amide bonds. The van der Waals surface area contributed by atoms with Gasteiger partial charge >= 0.3 is 6.09 Å². The second-order valence-corrected chi connectivity index (χ2v) is 9.26. The molecule has 2 aromatic carbocycles. The smallest absolute Gasteiger partial charge is 0.411 e. The molecular weight excluding hydrogens is 494 g/mol. The van der Waals surface area contributed by atoms with E-state index >= 15 is 0 Å². The van der Waals surface area contributed by atoms with Crippen molar-refractivity contribution in [2.45, 2.75) is 32.2 Å². The molecule has 196 valence electrons. The number of nitrogens with zero attached hydrogens (tertiary/aromatic N) is 3. The molecule has 2 atom stereocenters. The van der Waals surface area contributed by atoms with E-state index in [2.05, 4.69) is 20.6 Å². The number of benzene rings is 2. The van der Waals surface area contributed by atoms with Crippen molar-refractivity contribution in [1.29, 1.82) is 0 Å². The minimum Gasteiger partial charge on any atom is -0.438 e. The monoisotopic (exact) mass is 521 g/mol. The van der Waals surface area contributed by atoms with E-state index in [1.807, 2.05) is 37.3 Å². The third kappa shape index (κ3) is 6.10. The van der Waals surface area contributed by atoms with Crippen LogP contribution in [0.25, 0.3) is 0 Å². The zero-order valence-electron chi connectivity index (χ0n) is 21.3. The number of hydrogen-bond donors (Lipinski definition) is 2. The lowest BCUT2D eigenvalue weighted by atomic mass is 10.00. The Bertz CT molecular complexity index is 1460. The Kier molecular flexibility index (Phi) is 7.58. The van der Waals surface area contributed by atoms with Gasteiger partial charge in [-0.25, -0.2) is 4.79 Å². The summed E-state index contributed by atoms with van der Waals surface area (Å²) in [6, 6.07) is 20.8. The predicted molar refractivity (Wildman–Crippen MR) is 144 cm³/mol. The number of hydrogen-bond acceptors (Lipinski definition) is 6. The molecular formula is C30H27N5O4. The van der Waals surface area contributed by atoms with E-state index in [0.29, 0.717) is 16.8 Å². The molecule has 0 spiro atoms. The van der Waals surface area contributed by atoms with E-state index in [-0.39, 0.29) is 24.9 Å².